The number of halogens is 1. The summed E-state index contributed by atoms with van der Waals surface area (Å²) in [6.07, 6.45) is 5.72. The third-order valence-corrected chi connectivity index (χ3v) is 5.62. The number of hydrogen-bond donors (Lipinski definition) is 1. The van der Waals surface area contributed by atoms with Crippen LogP contribution in [0.2, 0.25) is 5.02 Å². The van der Waals surface area contributed by atoms with E-state index in [-0.39, 0.29) is 18.4 Å². The Morgan fingerprint density at radius 2 is 2.10 bits per heavy atom. The standard InChI is InChI=1S/C22H23ClN4O3/c1-26(10-11-28)22(29)15-7-9-27(14-15)16-2-4-17(5-3-16)30-20-6-8-25-21-18(20)12-24-13-19(21)23/h2-6,8,12-13,15,28H,7,9-11,14H2,1H3/t15-/m0/s1. The number of rotatable bonds is 6. The number of aliphatic hydroxyl groups excluding tert-OH is 1. The predicted octanol–water partition coefficient (Wildman–Crippen LogP) is 3.35. The van der Waals surface area contributed by atoms with Crippen LogP contribution in [0.5, 0.6) is 11.5 Å². The Hall–Kier alpha value is -2.90. The minimum absolute atomic E-state index is 0.0187. The summed E-state index contributed by atoms with van der Waals surface area (Å²) >= 11 is 6.17. The van der Waals surface area contributed by atoms with E-state index in [4.69, 9.17) is 21.4 Å². The zero-order valence-electron chi connectivity index (χ0n) is 16.7. The highest BCUT2D eigenvalue weighted by Crippen LogP contribution is 2.32. The highest BCUT2D eigenvalue weighted by molar-refractivity contribution is 6.35. The molecular weight excluding hydrogens is 404 g/mol. The van der Waals surface area contributed by atoms with Crippen LogP contribution in [0.3, 0.4) is 0 Å². The molecule has 1 saturated heterocycles. The fraction of sp³-hybridized carbons (Fsp3) is 0.318. The number of likely N-dealkylation sites (N-methyl/N-ethyl adjacent to an activating group) is 1. The van der Waals surface area contributed by atoms with Crippen molar-refractivity contribution in [2.75, 3.05) is 38.2 Å². The summed E-state index contributed by atoms with van der Waals surface area (Å²) in [6.45, 7) is 1.84. The maximum Gasteiger partial charge on any atom is 0.227 e. The van der Waals surface area contributed by atoms with Gasteiger partial charge in [-0.05, 0) is 36.8 Å². The molecule has 0 bridgehead atoms. The highest BCUT2D eigenvalue weighted by atomic mass is 35.5. The minimum atomic E-state index is -0.0436. The second kappa shape index (κ2) is 8.85. The van der Waals surface area contributed by atoms with Gasteiger partial charge in [0.05, 0.1) is 28.5 Å². The third-order valence-electron chi connectivity index (χ3n) is 5.35. The first-order valence-corrected chi connectivity index (χ1v) is 10.2. The predicted molar refractivity (Wildman–Crippen MR) is 116 cm³/mol. The molecule has 0 spiro atoms. The molecule has 0 radical (unpaired) electrons. The molecule has 8 heteroatoms. The molecule has 0 aliphatic carbocycles. The Morgan fingerprint density at radius 1 is 1.30 bits per heavy atom. The topological polar surface area (TPSA) is 78.8 Å². The number of carbonyl (C=O) groups excluding carboxylic acids is 1. The van der Waals surface area contributed by atoms with Crippen LogP contribution in [0.15, 0.2) is 48.9 Å². The number of anilines is 1. The van der Waals surface area contributed by atoms with E-state index in [0.717, 1.165) is 24.0 Å². The Kier molecular flexibility index (Phi) is 6.01. The maximum atomic E-state index is 12.4. The molecule has 1 aromatic carbocycles. The number of carbonyl (C=O) groups is 1. The number of pyridine rings is 2. The Bertz CT molecular complexity index is 1040. The molecule has 30 heavy (non-hydrogen) atoms. The van der Waals surface area contributed by atoms with E-state index in [1.54, 1.807) is 36.6 Å². The van der Waals surface area contributed by atoms with Crippen molar-refractivity contribution in [3.63, 3.8) is 0 Å². The van der Waals surface area contributed by atoms with E-state index in [1.165, 1.54) is 0 Å². The van der Waals surface area contributed by atoms with Crippen LogP contribution in [0.1, 0.15) is 6.42 Å². The summed E-state index contributed by atoms with van der Waals surface area (Å²) in [5, 5.41) is 10.3. The van der Waals surface area contributed by atoms with Crippen LogP contribution < -0.4 is 9.64 Å². The lowest BCUT2D eigenvalue weighted by Gasteiger charge is -2.22. The molecule has 156 valence electrons. The van der Waals surface area contributed by atoms with Gasteiger partial charge in [-0.15, -0.1) is 0 Å². The number of amides is 1. The van der Waals surface area contributed by atoms with E-state index in [2.05, 4.69) is 14.9 Å². The van der Waals surface area contributed by atoms with Gasteiger partial charge in [0.15, 0.2) is 0 Å². The average Bonchev–Trinajstić information content (AvgIpc) is 3.25. The molecule has 1 fully saturated rings. The Labute approximate surface area is 179 Å². The fourth-order valence-corrected chi connectivity index (χ4v) is 3.93. The van der Waals surface area contributed by atoms with Gasteiger partial charge in [0.25, 0.3) is 0 Å². The van der Waals surface area contributed by atoms with Crippen LogP contribution in [-0.4, -0.2) is 59.2 Å². The van der Waals surface area contributed by atoms with E-state index < -0.39 is 0 Å². The summed E-state index contributed by atoms with van der Waals surface area (Å²) in [4.78, 5) is 24.7. The largest absolute Gasteiger partial charge is 0.457 e. The zero-order valence-corrected chi connectivity index (χ0v) is 17.4. The van der Waals surface area contributed by atoms with Gasteiger partial charge >= 0.3 is 0 Å². The normalized spacial score (nSPS) is 16.1. The van der Waals surface area contributed by atoms with Crippen molar-refractivity contribution in [3.8, 4) is 11.5 Å². The summed E-state index contributed by atoms with van der Waals surface area (Å²) in [7, 11) is 1.73. The van der Waals surface area contributed by atoms with Crippen LogP contribution in [0.4, 0.5) is 5.69 Å². The van der Waals surface area contributed by atoms with E-state index >= 15 is 0 Å². The first-order valence-electron chi connectivity index (χ1n) is 9.83. The molecule has 4 rings (SSSR count). The SMILES string of the molecule is CN(CCO)C(=O)[C@H]1CCN(c2ccc(Oc3ccnc4c(Cl)cncc34)cc2)C1. The first-order chi connectivity index (χ1) is 14.6. The number of fused-ring (bicyclic) bond motifs is 1. The van der Waals surface area contributed by atoms with Gasteiger partial charge in [0, 0.05) is 51.0 Å². The van der Waals surface area contributed by atoms with Gasteiger partial charge in [-0.3, -0.25) is 14.8 Å². The van der Waals surface area contributed by atoms with Gasteiger partial charge in [-0.2, -0.15) is 0 Å². The van der Waals surface area contributed by atoms with Gasteiger partial charge in [0.1, 0.15) is 11.5 Å². The van der Waals surface area contributed by atoms with Crippen LogP contribution in [0.25, 0.3) is 10.9 Å². The molecule has 1 atom stereocenters. The monoisotopic (exact) mass is 426 g/mol. The second-order valence-electron chi connectivity index (χ2n) is 7.34. The number of aliphatic hydroxyl groups is 1. The van der Waals surface area contributed by atoms with Crippen molar-refractivity contribution in [3.05, 3.63) is 53.9 Å². The molecule has 3 aromatic rings. The Balaban J connectivity index is 1.44. The summed E-state index contributed by atoms with van der Waals surface area (Å²) in [5.74, 6) is 1.38. The molecule has 1 aliphatic heterocycles. The average molecular weight is 427 g/mol. The smallest absolute Gasteiger partial charge is 0.227 e. The molecular formula is C22H23ClN4O3. The number of nitrogens with zero attached hydrogens (tertiary/aromatic N) is 4. The van der Waals surface area contributed by atoms with E-state index in [9.17, 15) is 4.79 Å². The van der Waals surface area contributed by atoms with E-state index in [1.807, 2.05) is 24.3 Å². The molecule has 1 amide bonds. The van der Waals surface area contributed by atoms with Crippen molar-refractivity contribution in [2.45, 2.75) is 6.42 Å². The molecule has 2 aromatic heterocycles. The number of benzene rings is 1. The zero-order chi connectivity index (χ0) is 21.1. The Morgan fingerprint density at radius 3 is 2.87 bits per heavy atom. The highest BCUT2D eigenvalue weighted by Gasteiger charge is 2.30. The summed E-state index contributed by atoms with van der Waals surface area (Å²) in [5.41, 5.74) is 1.70. The lowest BCUT2D eigenvalue weighted by atomic mass is 10.1. The number of aromatic nitrogens is 2. The fourth-order valence-electron chi connectivity index (χ4n) is 3.72. The number of ether oxygens (including phenoxy) is 1. The van der Waals surface area contributed by atoms with Gasteiger partial charge in [0.2, 0.25) is 5.91 Å². The molecule has 3 heterocycles. The van der Waals surface area contributed by atoms with Crippen molar-refractivity contribution in [2.24, 2.45) is 5.92 Å². The molecule has 0 saturated carbocycles. The van der Waals surface area contributed by atoms with Crippen LogP contribution >= 0.6 is 11.6 Å². The van der Waals surface area contributed by atoms with Gasteiger partial charge in [-0.1, -0.05) is 11.6 Å². The number of hydrogen-bond acceptors (Lipinski definition) is 6. The van der Waals surface area contributed by atoms with Crippen molar-refractivity contribution in [1.29, 1.82) is 0 Å². The van der Waals surface area contributed by atoms with Crippen LogP contribution in [-0.2, 0) is 4.79 Å². The second-order valence-corrected chi connectivity index (χ2v) is 7.74. The maximum absolute atomic E-state index is 12.4. The van der Waals surface area contributed by atoms with E-state index in [0.29, 0.717) is 35.1 Å². The minimum Gasteiger partial charge on any atom is -0.457 e. The third kappa shape index (κ3) is 4.17. The summed E-state index contributed by atoms with van der Waals surface area (Å²) < 4.78 is 6.04. The van der Waals surface area contributed by atoms with Crippen LogP contribution in [0, 0.1) is 5.92 Å². The van der Waals surface area contributed by atoms with Crippen molar-refractivity contribution >= 4 is 34.1 Å². The molecule has 7 nitrogen and oxygen atoms in total. The molecule has 1 N–H and O–H groups in total. The summed E-state index contributed by atoms with van der Waals surface area (Å²) in [6, 6.07) is 9.59. The molecule has 0 unspecified atom stereocenters. The lowest BCUT2D eigenvalue weighted by Crippen LogP contribution is -2.36. The molecule has 1 aliphatic rings. The lowest BCUT2D eigenvalue weighted by molar-refractivity contribution is -0.133. The van der Waals surface area contributed by atoms with Crippen molar-refractivity contribution in [1.82, 2.24) is 14.9 Å². The van der Waals surface area contributed by atoms with Gasteiger partial charge < -0.3 is 19.6 Å². The van der Waals surface area contributed by atoms with Gasteiger partial charge in [-0.25, -0.2) is 0 Å². The van der Waals surface area contributed by atoms with Crippen molar-refractivity contribution < 1.29 is 14.6 Å². The quantitative estimate of drug-likeness (QED) is 0.651. The first kappa shape index (κ1) is 20.4.